The second-order valence-electron chi connectivity index (χ2n) is 4.49. The van der Waals surface area contributed by atoms with Crippen LogP contribution >= 0.6 is 0 Å². The maximum Gasteiger partial charge on any atom is 0.309 e. The third-order valence-electron chi connectivity index (χ3n) is 3.31. The molecule has 0 radical (unpaired) electrons. The van der Waals surface area contributed by atoms with Crippen molar-refractivity contribution in [1.29, 1.82) is 0 Å². The number of carbonyl (C=O) groups is 2. The summed E-state index contributed by atoms with van der Waals surface area (Å²) in [6, 6.07) is 1.98. The highest BCUT2D eigenvalue weighted by Gasteiger charge is 2.12. The van der Waals surface area contributed by atoms with E-state index >= 15 is 0 Å². The Morgan fingerprint density at radius 1 is 1.26 bits per heavy atom. The predicted octanol–water partition coefficient (Wildman–Crippen LogP) is 0.764. The first kappa shape index (κ1) is 15.0. The second kappa shape index (κ2) is 6.22. The monoisotopic (exact) mass is 264 g/mol. The minimum atomic E-state index is -0.959. The van der Waals surface area contributed by atoms with E-state index in [-0.39, 0.29) is 0 Å². The van der Waals surface area contributed by atoms with E-state index in [9.17, 15) is 9.59 Å². The second-order valence-corrected chi connectivity index (χ2v) is 4.49. The molecule has 0 bridgehead atoms. The molecule has 0 saturated carbocycles. The van der Waals surface area contributed by atoms with Crippen LogP contribution in [0.3, 0.4) is 0 Å². The molecule has 0 atom stereocenters. The van der Waals surface area contributed by atoms with Crippen LogP contribution in [0.25, 0.3) is 0 Å². The Balaban J connectivity index is 2.82. The van der Waals surface area contributed by atoms with E-state index in [1.807, 2.05) is 26.8 Å². The molecule has 0 fully saturated rings. The van der Waals surface area contributed by atoms with Gasteiger partial charge in [-0.1, -0.05) is 0 Å². The number of carbonyl (C=O) groups excluding carboxylic acids is 2. The lowest BCUT2D eigenvalue weighted by molar-refractivity contribution is -0.137. The Morgan fingerprint density at radius 3 is 2.42 bits per heavy atom. The molecule has 19 heavy (non-hydrogen) atoms. The lowest BCUT2D eigenvalue weighted by Gasteiger charge is -2.16. The molecule has 0 aliphatic rings. The predicted molar refractivity (Wildman–Crippen MR) is 73.1 cm³/mol. The maximum absolute atomic E-state index is 11.1. The van der Waals surface area contributed by atoms with E-state index in [0.717, 1.165) is 28.0 Å². The molecule has 0 unspecified atom stereocenters. The molecular formula is C14H20N2O3. The van der Waals surface area contributed by atoms with Crippen molar-refractivity contribution >= 4 is 11.8 Å². The quantitative estimate of drug-likeness (QED) is 0.788. The summed E-state index contributed by atoms with van der Waals surface area (Å²) in [5.74, 6) is -0.847. The van der Waals surface area contributed by atoms with Gasteiger partial charge in [0.15, 0.2) is 0 Å². The number of methoxy groups -OCH3 is 1. The number of nitrogens with two attached hydrogens (primary N) is 1. The van der Waals surface area contributed by atoms with Crippen molar-refractivity contribution in [3.63, 3.8) is 0 Å². The van der Waals surface area contributed by atoms with Crippen LogP contribution in [-0.2, 0) is 16.0 Å². The fraction of sp³-hybridized carbons (Fsp3) is 0.429. The summed E-state index contributed by atoms with van der Waals surface area (Å²) in [6.07, 6.45) is 0.654. The first-order valence-electron chi connectivity index (χ1n) is 6.09. The van der Waals surface area contributed by atoms with Crippen LogP contribution in [0.2, 0.25) is 0 Å². The smallest absolute Gasteiger partial charge is 0.309 e. The average Bonchev–Trinajstić information content (AvgIpc) is 2.37. The maximum atomic E-state index is 11.1. The summed E-state index contributed by atoms with van der Waals surface area (Å²) < 4.78 is 5.30. The Labute approximate surface area is 113 Å². The number of ether oxygens (including phenoxy) is 1. The summed E-state index contributed by atoms with van der Waals surface area (Å²) in [5.41, 5.74) is 9.36. The van der Waals surface area contributed by atoms with E-state index in [4.69, 9.17) is 10.5 Å². The highest BCUT2D eigenvalue weighted by Crippen LogP contribution is 2.27. The van der Waals surface area contributed by atoms with Crippen LogP contribution in [0.1, 0.15) is 22.3 Å². The Bertz CT molecular complexity index is 510. The highest BCUT2D eigenvalue weighted by molar-refractivity contribution is 6.34. The molecule has 5 heteroatoms. The number of rotatable bonds is 4. The molecule has 2 amide bonds. The summed E-state index contributed by atoms with van der Waals surface area (Å²) >= 11 is 0. The molecule has 0 heterocycles. The molecular weight excluding hydrogens is 244 g/mol. The van der Waals surface area contributed by atoms with Gasteiger partial charge in [0.2, 0.25) is 0 Å². The fourth-order valence-corrected chi connectivity index (χ4v) is 2.08. The fourth-order valence-electron chi connectivity index (χ4n) is 2.08. The topological polar surface area (TPSA) is 81.4 Å². The number of amides is 2. The van der Waals surface area contributed by atoms with Gasteiger partial charge in [0, 0.05) is 6.54 Å². The van der Waals surface area contributed by atoms with Gasteiger partial charge in [0.1, 0.15) is 5.75 Å². The van der Waals surface area contributed by atoms with Gasteiger partial charge < -0.3 is 15.8 Å². The Kier molecular flexibility index (Phi) is 4.92. The van der Waals surface area contributed by atoms with Crippen LogP contribution < -0.4 is 15.8 Å². The Hall–Kier alpha value is -2.04. The van der Waals surface area contributed by atoms with Crippen molar-refractivity contribution in [2.24, 2.45) is 5.73 Å². The summed E-state index contributed by atoms with van der Waals surface area (Å²) in [5, 5.41) is 2.49. The molecule has 0 spiro atoms. The van der Waals surface area contributed by atoms with Crippen molar-refractivity contribution in [2.75, 3.05) is 13.7 Å². The molecule has 1 aromatic rings. The Morgan fingerprint density at radius 2 is 1.89 bits per heavy atom. The SMILES string of the molecule is COc1cc(C)c(CCNC(=O)C(N)=O)c(C)c1C. The number of hydrogen-bond donors (Lipinski definition) is 2. The molecule has 1 aromatic carbocycles. The lowest BCUT2D eigenvalue weighted by Crippen LogP contribution is -2.37. The number of nitrogens with one attached hydrogen (secondary N) is 1. The van der Waals surface area contributed by atoms with Crippen molar-refractivity contribution in [2.45, 2.75) is 27.2 Å². The van der Waals surface area contributed by atoms with Crippen molar-refractivity contribution in [1.82, 2.24) is 5.32 Å². The number of aryl methyl sites for hydroxylation is 1. The average molecular weight is 264 g/mol. The van der Waals surface area contributed by atoms with Gasteiger partial charge >= 0.3 is 11.8 Å². The third kappa shape index (κ3) is 3.47. The van der Waals surface area contributed by atoms with Gasteiger partial charge in [-0.2, -0.15) is 0 Å². The van der Waals surface area contributed by atoms with Gasteiger partial charge in [0.25, 0.3) is 0 Å². The zero-order valence-corrected chi connectivity index (χ0v) is 11.8. The summed E-state index contributed by atoms with van der Waals surface area (Å²) in [4.78, 5) is 21.7. The zero-order chi connectivity index (χ0) is 14.6. The van der Waals surface area contributed by atoms with E-state index in [1.54, 1.807) is 7.11 Å². The van der Waals surface area contributed by atoms with Crippen LogP contribution in [0.4, 0.5) is 0 Å². The molecule has 1 rings (SSSR count). The lowest BCUT2D eigenvalue weighted by atomic mass is 9.95. The third-order valence-corrected chi connectivity index (χ3v) is 3.31. The highest BCUT2D eigenvalue weighted by atomic mass is 16.5. The summed E-state index contributed by atoms with van der Waals surface area (Å²) in [7, 11) is 1.65. The minimum Gasteiger partial charge on any atom is -0.496 e. The van der Waals surface area contributed by atoms with Gasteiger partial charge in [-0.3, -0.25) is 9.59 Å². The van der Waals surface area contributed by atoms with Crippen LogP contribution in [0.5, 0.6) is 5.75 Å². The first-order chi connectivity index (χ1) is 8.88. The minimum absolute atomic E-state index is 0.384. The van der Waals surface area contributed by atoms with Crippen LogP contribution in [0.15, 0.2) is 6.07 Å². The van der Waals surface area contributed by atoms with E-state index < -0.39 is 11.8 Å². The molecule has 0 aromatic heterocycles. The largest absolute Gasteiger partial charge is 0.496 e. The zero-order valence-electron chi connectivity index (χ0n) is 11.8. The molecule has 3 N–H and O–H groups in total. The number of hydrogen-bond acceptors (Lipinski definition) is 3. The molecule has 104 valence electrons. The molecule has 0 saturated heterocycles. The normalized spacial score (nSPS) is 10.1. The summed E-state index contributed by atoms with van der Waals surface area (Å²) in [6.45, 7) is 6.41. The van der Waals surface area contributed by atoms with Crippen LogP contribution in [0, 0.1) is 20.8 Å². The van der Waals surface area contributed by atoms with Gasteiger partial charge in [-0.05, 0) is 55.5 Å². The van der Waals surface area contributed by atoms with E-state index in [1.165, 1.54) is 0 Å². The van der Waals surface area contributed by atoms with Crippen molar-refractivity contribution < 1.29 is 14.3 Å². The van der Waals surface area contributed by atoms with Crippen molar-refractivity contribution in [3.05, 3.63) is 28.3 Å². The van der Waals surface area contributed by atoms with Gasteiger partial charge in [0.05, 0.1) is 7.11 Å². The number of primary amides is 1. The van der Waals surface area contributed by atoms with E-state index in [2.05, 4.69) is 5.32 Å². The van der Waals surface area contributed by atoms with Gasteiger partial charge in [-0.15, -0.1) is 0 Å². The molecule has 5 nitrogen and oxygen atoms in total. The van der Waals surface area contributed by atoms with Gasteiger partial charge in [-0.25, -0.2) is 0 Å². The molecule has 0 aliphatic heterocycles. The van der Waals surface area contributed by atoms with E-state index in [0.29, 0.717) is 13.0 Å². The number of benzene rings is 1. The van der Waals surface area contributed by atoms with Crippen LogP contribution in [-0.4, -0.2) is 25.5 Å². The standard InChI is InChI=1S/C14H20N2O3/c1-8-7-12(19-4)10(3)9(2)11(8)5-6-16-14(18)13(15)17/h7H,5-6H2,1-4H3,(H2,15,17)(H,16,18). The molecule has 0 aliphatic carbocycles. The first-order valence-corrected chi connectivity index (χ1v) is 6.09. The van der Waals surface area contributed by atoms with Crippen molar-refractivity contribution in [3.8, 4) is 5.75 Å².